The first-order valence-electron chi connectivity index (χ1n) is 9.58. The fourth-order valence-corrected chi connectivity index (χ4v) is 4.11. The summed E-state index contributed by atoms with van der Waals surface area (Å²) in [5, 5.41) is 0. The number of hydrogen-bond acceptors (Lipinski definition) is 2. The minimum absolute atomic E-state index is 0.0279. The fourth-order valence-electron chi connectivity index (χ4n) is 4.11. The number of benzene rings is 2. The number of aryl methyl sites for hydroxylation is 1. The lowest BCUT2D eigenvalue weighted by atomic mass is 9.83. The lowest BCUT2D eigenvalue weighted by molar-refractivity contribution is 0.0510. The Labute approximate surface area is 159 Å². The number of hydrogen-bond donors (Lipinski definition) is 0. The first-order valence-corrected chi connectivity index (χ1v) is 9.58. The van der Waals surface area contributed by atoms with E-state index in [1.54, 1.807) is 13.0 Å². The smallest absolute Gasteiger partial charge is 0.410 e. The Hall–Kier alpha value is -2.62. The van der Waals surface area contributed by atoms with Crippen LogP contribution in [-0.2, 0) is 11.3 Å². The third-order valence-electron chi connectivity index (χ3n) is 5.60. The van der Waals surface area contributed by atoms with Crippen molar-refractivity contribution in [1.29, 1.82) is 0 Å². The molecule has 1 amide bonds. The molecule has 2 aromatic rings. The van der Waals surface area contributed by atoms with Gasteiger partial charge in [0.2, 0.25) is 0 Å². The molecule has 1 fully saturated rings. The summed E-state index contributed by atoms with van der Waals surface area (Å²) in [7, 11) is 0. The zero-order chi connectivity index (χ0) is 18.8. The molecule has 0 aliphatic carbocycles. The van der Waals surface area contributed by atoms with Gasteiger partial charge >= 0.3 is 6.09 Å². The van der Waals surface area contributed by atoms with E-state index < -0.39 is 0 Å². The van der Waals surface area contributed by atoms with Gasteiger partial charge in [-0.05, 0) is 60.9 Å². The normalized spacial score (nSPS) is 21.6. The van der Waals surface area contributed by atoms with Crippen molar-refractivity contribution in [2.45, 2.75) is 51.3 Å². The summed E-state index contributed by atoms with van der Waals surface area (Å²) in [4.78, 5) is 14.6. The van der Waals surface area contributed by atoms with E-state index in [4.69, 9.17) is 4.74 Å². The maximum absolute atomic E-state index is 14.0. The second kappa shape index (κ2) is 7.55. The molecule has 2 aromatic carbocycles. The summed E-state index contributed by atoms with van der Waals surface area (Å²) in [5.74, 6) is -0.178. The molecule has 0 saturated carbocycles. The lowest BCUT2D eigenvalue weighted by Crippen LogP contribution is -2.51. The Morgan fingerprint density at radius 2 is 2.00 bits per heavy atom. The van der Waals surface area contributed by atoms with Gasteiger partial charge < -0.3 is 4.74 Å². The average Bonchev–Trinajstić information content (AvgIpc) is 2.68. The van der Waals surface area contributed by atoms with E-state index in [1.807, 2.05) is 47.4 Å². The Balaban J connectivity index is 1.51. The predicted molar refractivity (Wildman–Crippen MR) is 104 cm³/mol. The Bertz CT molecular complexity index is 862. The largest absolute Gasteiger partial charge is 0.445 e. The summed E-state index contributed by atoms with van der Waals surface area (Å²) in [5.41, 5.74) is 3.70. The lowest BCUT2D eigenvalue weighted by Gasteiger charge is -2.44. The maximum atomic E-state index is 14.0. The minimum atomic E-state index is -0.251. The second-order valence-corrected chi connectivity index (χ2v) is 7.46. The van der Waals surface area contributed by atoms with Crippen molar-refractivity contribution in [2.24, 2.45) is 0 Å². The van der Waals surface area contributed by atoms with Crippen LogP contribution in [-0.4, -0.2) is 23.1 Å². The van der Waals surface area contributed by atoms with Gasteiger partial charge in [0, 0.05) is 6.04 Å². The number of ether oxygens (including phenoxy) is 1. The number of fused-ring (bicyclic) bond motifs is 2. The second-order valence-electron chi connectivity index (χ2n) is 7.46. The van der Waals surface area contributed by atoms with Crippen molar-refractivity contribution in [3.63, 3.8) is 0 Å². The summed E-state index contributed by atoms with van der Waals surface area (Å²) in [6.07, 6.45) is 5.61. The number of carbonyl (C=O) groups is 1. The fraction of sp³-hybridized carbons (Fsp3) is 0.348. The highest BCUT2D eigenvalue weighted by Crippen LogP contribution is 2.37. The van der Waals surface area contributed by atoms with E-state index in [9.17, 15) is 9.18 Å². The molecule has 0 spiro atoms. The number of rotatable bonds is 3. The third kappa shape index (κ3) is 3.75. The van der Waals surface area contributed by atoms with Crippen LogP contribution in [0.5, 0.6) is 0 Å². The number of amides is 1. The topological polar surface area (TPSA) is 29.5 Å². The van der Waals surface area contributed by atoms with Crippen molar-refractivity contribution in [2.75, 3.05) is 0 Å². The van der Waals surface area contributed by atoms with Crippen LogP contribution in [0.15, 0.2) is 54.6 Å². The molecule has 4 rings (SSSR count). The maximum Gasteiger partial charge on any atom is 0.410 e. The highest BCUT2D eigenvalue weighted by Gasteiger charge is 2.38. The molecule has 2 atom stereocenters. The van der Waals surface area contributed by atoms with Crippen LogP contribution in [0.25, 0.3) is 5.57 Å². The Morgan fingerprint density at radius 3 is 2.74 bits per heavy atom. The molecule has 1 saturated heterocycles. The molecule has 140 valence electrons. The third-order valence-corrected chi connectivity index (χ3v) is 5.60. The van der Waals surface area contributed by atoms with Gasteiger partial charge in [-0.1, -0.05) is 48.5 Å². The molecule has 2 aliphatic heterocycles. The summed E-state index contributed by atoms with van der Waals surface area (Å²) >= 11 is 0. The van der Waals surface area contributed by atoms with Crippen LogP contribution in [0.1, 0.15) is 42.4 Å². The predicted octanol–water partition coefficient (Wildman–Crippen LogP) is 5.48. The van der Waals surface area contributed by atoms with Gasteiger partial charge in [-0.3, -0.25) is 4.90 Å². The molecule has 2 bridgehead atoms. The van der Waals surface area contributed by atoms with Crippen LogP contribution in [0.2, 0.25) is 0 Å². The van der Waals surface area contributed by atoms with E-state index in [1.165, 1.54) is 0 Å². The van der Waals surface area contributed by atoms with Gasteiger partial charge in [0.1, 0.15) is 12.4 Å². The highest BCUT2D eigenvalue weighted by molar-refractivity contribution is 5.74. The van der Waals surface area contributed by atoms with E-state index in [0.29, 0.717) is 5.56 Å². The summed E-state index contributed by atoms with van der Waals surface area (Å²) in [6, 6.07) is 15.3. The van der Waals surface area contributed by atoms with Gasteiger partial charge in [0.15, 0.2) is 0 Å². The Kier molecular flexibility index (Phi) is 4.97. The standard InChI is InChI=1S/C23H24FNO2/c1-16-10-11-18(14-22(16)24)19-12-20-8-5-9-21(13-19)25(20)23(26)27-15-17-6-3-2-4-7-17/h2-4,6-7,10-12,14,20-21H,5,8-9,13,15H2,1H3. The van der Waals surface area contributed by atoms with Crippen molar-refractivity contribution >= 4 is 11.7 Å². The monoisotopic (exact) mass is 365 g/mol. The molecule has 2 aliphatic rings. The molecule has 0 radical (unpaired) electrons. The van der Waals surface area contributed by atoms with E-state index in [0.717, 1.165) is 42.4 Å². The molecule has 0 aromatic heterocycles. The van der Waals surface area contributed by atoms with Crippen LogP contribution >= 0.6 is 0 Å². The molecule has 0 N–H and O–H groups in total. The van der Waals surface area contributed by atoms with Crippen LogP contribution in [0.3, 0.4) is 0 Å². The number of nitrogens with zero attached hydrogens (tertiary/aromatic N) is 1. The van der Waals surface area contributed by atoms with Crippen molar-refractivity contribution < 1.29 is 13.9 Å². The molecule has 27 heavy (non-hydrogen) atoms. The quantitative estimate of drug-likeness (QED) is 0.721. The zero-order valence-corrected chi connectivity index (χ0v) is 15.5. The molecular weight excluding hydrogens is 341 g/mol. The first kappa shape index (κ1) is 17.8. The highest BCUT2D eigenvalue weighted by atomic mass is 19.1. The number of carbonyl (C=O) groups excluding carboxylic acids is 1. The van der Waals surface area contributed by atoms with Crippen molar-refractivity contribution in [3.8, 4) is 0 Å². The van der Waals surface area contributed by atoms with Gasteiger partial charge in [-0.15, -0.1) is 0 Å². The van der Waals surface area contributed by atoms with Gasteiger partial charge in [-0.25, -0.2) is 9.18 Å². The first-order chi connectivity index (χ1) is 13.1. The molecular formula is C23H24FNO2. The summed E-state index contributed by atoms with van der Waals surface area (Å²) in [6.45, 7) is 2.06. The summed E-state index contributed by atoms with van der Waals surface area (Å²) < 4.78 is 19.6. The van der Waals surface area contributed by atoms with Crippen LogP contribution in [0, 0.1) is 12.7 Å². The van der Waals surface area contributed by atoms with Crippen LogP contribution < -0.4 is 0 Å². The van der Waals surface area contributed by atoms with E-state index in [-0.39, 0.29) is 30.6 Å². The Morgan fingerprint density at radius 1 is 1.19 bits per heavy atom. The molecule has 2 heterocycles. The number of piperidine rings is 1. The minimum Gasteiger partial charge on any atom is -0.445 e. The molecule has 4 heteroatoms. The average molecular weight is 365 g/mol. The van der Waals surface area contributed by atoms with Crippen molar-refractivity contribution in [3.05, 3.63) is 77.1 Å². The number of halogens is 1. The SMILES string of the molecule is Cc1ccc(C2=CC3CCCC(C2)N3C(=O)OCc2ccccc2)cc1F. The zero-order valence-electron chi connectivity index (χ0n) is 15.5. The molecule has 3 nitrogen and oxygen atoms in total. The van der Waals surface area contributed by atoms with Gasteiger partial charge in [0.25, 0.3) is 0 Å². The molecule has 2 unspecified atom stereocenters. The van der Waals surface area contributed by atoms with Crippen molar-refractivity contribution in [1.82, 2.24) is 4.90 Å². The van der Waals surface area contributed by atoms with E-state index >= 15 is 0 Å². The van der Waals surface area contributed by atoms with Gasteiger partial charge in [0.05, 0.1) is 6.04 Å². The van der Waals surface area contributed by atoms with E-state index in [2.05, 4.69) is 6.08 Å². The van der Waals surface area contributed by atoms with Gasteiger partial charge in [-0.2, -0.15) is 0 Å². The van der Waals surface area contributed by atoms with Crippen LogP contribution in [0.4, 0.5) is 9.18 Å².